The SMILES string of the molecule is Cc1nc(-c2ccccc2)sc1CSCC(=O)O. The van der Waals surface area contributed by atoms with E-state index in [1.165, 1.54) is 11.8 Å². The van der Waals surface area contributed by atoms with E-state index in [0.717, 1.165) is 21.1 Å². The van der Waals surface area contributed by atoms with Gasteiger partial charge in [-0.25, -0.2) is 4.98 Å². The summed E-state index contributed by atoms with van der Waals surface area (Å²) < 4.78 is 0. The number of thioether (sulfide) groups is 1. The first kappa shape index (κ1) is 13.1. The van der Waals surface area contributed by atoms with Gasteiger partial charge in [0.2, 0.25) is 0 Å². The largest absolute Gasteiger partial charge is 0.481 e. The first-order valence-corrected chi connectivity index (χ1v) is 7.45. The zero-order chi connectivity index (χ0) is 13.0. The third-order valence-electron chi connectivity index (χ3n) is 2.37. The molecule has 0 unspecified atom stereocenters. The number of nitrogens with zero attached hydrogens (tertiary/aromatic N) is 1. The molecule has 0 radical (unpaired) electrons. The van der Waals surface area contributed by atoms with Crippen LogP contribution < -0.4 is 0 Å². The number of hydrogen-bond acceptors (Lipinski definition) is 4. The van der Waals surface area contributed by atoms with E-state index in [-0.39, 0.29) is 5.75 Å². The van der Waals surface area contributed by atoms with Crippen molar-refractivity contribution in [3.05, 3.63) is 40.9 Å². The molecule has 1 N–H and O–H groups in total. The first-order valence-electron chi connectivity index (χ1n) is 5.48. The minimum absolute atomic E-state index is 0.137. The van der Waals surface area contributed by atoms with Gasteiger partial charge in [0, 0.05) is 16.2 Å². The van der Waals surface area contributed by atoms with Crippen molar-refractivity contribution in [3.63, 3.8) is 0 Å². The van der Waals surface area contributed by atoms with Gasteiger partial charge in [-0.15, -0.1) is 23.1 Å². The maximum Gasteiger partial charge on any atom is 0.313 e. The first-order chi connectivity index (χ1) is 8.66. The van der Waals surface area contributed by atoms with Crippen molar-refractivity contribution < 1.29 is 9.90 Å². The number of carbonyl (C=O) groups is 1. The highest BCUT2D eigenvalue weighted by atomic mass is 32.2. The summed E-state index contributed by atoms with van der Waals surface area (Å²) in [6.45, 7) is 1.97. The van der Waals surface area contributed by atoms with Gasteiger partial charge in [0.05, 0.1) is 11.4 Å². The summed E-state index contributed by atoms with van der Waals surface area (Å²) in [5.74, 6) is 0.0751. The molecule has 18 heavy (non-hydrogen) atoms. The number of aliphatic carboxylic acids is 1. The second-order valence-electron chi connectivity index (χ2n) is 3.78. The van der Waals surface area contributed by atoms with E-state index in [4.69, 9.17) is 5.11 Å². The van der Waals surface area contributed by atoms with Gasteiger partial charge in [0.1, 0.15) is 5.01 Å². The predicted octanol–water partition coefficient (Wildman–Crippen LogP) is 3.44. The molecule has 94 valence electrons. The van der Waals surface area contributed by atoms with Crippen LogP contribution in [-0.2, 0) is 10.5 Å². The van der Waals surface area contributed by atoms with Crippen molar-refractivity contribution >= 4 is 29.1 Å². The van der Waals surface area contributed by atoms with Gasteiger partial charge in [-0.05, 0) is 6.92 Å². The predicted molar refractivity (Wildman–Crippen MR) is 76.1 cm³/mol. The maximum absolute atomic E-state index is 10.5. The molecule has 1 heterocycles. The van der Waals surface area contributed by atoms with E-state index < -0.39 is 5.97 Å². The van der Waals surface area contributed by atoms with Gasteiger partial charge < -0.3 is 5.11 Å². The van der Waals surface area contributed by atoms with Gasteiger partial charge in [-0.2, -0.15) is 0 Å². The number of rotatable bonds is 5. The van der Waals surface area contributed by atoms with Crippen LogP contribution in [0.15, 0.2) is 30.3 Å². The standard InChI is InChI=1S/C13H13NO2S2/c1-9-11(7-17-8-12(15)16)18-13(14-9)10-5-3-2-4-6-10/h2-6H,7-8H2,1H3,(H,15,16). The van der Waals surface area contributed by atoms with Crippen LogP contribution >= 0.6 is 23.1 Å². The molecule has 0 spiro atoms. The zero-order valence-corrected chi connectivity index (χ0v) is 11.6. The Hall–Kier alpha value is -1.33. The Kier molecular flexibility index (Phi) is 4.38. The van der Waals surface area contributed by atoms with Gasteiger partial charge in [-0.1, -0.05) is 30.3 Å². The summed E-state index contributed by atoms with van der Waals surface area (Å²) in [5, 5.41) is 9.61. The summed E-state index contributed by atoms with van der Waals surface area (Å²) >= 11 is 3.05. The Balaban J connectivity index is 2.10. The highest BCUT2D eigenvalue weighted by Crippen LogP contribution is 2.30. The van der Waals surface area contributed by atoms with E-state index in [9.17, 15) is 4.79 Å². The zero-order valence-electron chi connectivity index (χ0n) is 9.92. The van der Waals surface area contributed by atoms with Gasteiger partial charge in [-0.3, -0.25) is 4.79 Å². The van der Waals surface area contributed by atoms with Crippen LogP contribution in [-0.4, -0.2) is 21.8 Å². The molecule has 1 aromatic heterocycles. The van der Waals surface area contributed by atoms with Crippen LogP contribution in [0, 0.1) is 6.92 Å². The Labute approximate surface area is 114 Å². The van der Waals surface area contributed by atoms with E-state index in [0.29, 0.717) is 5.75 Å². The molecule has 0 aliphatic carbocycles. The summed E-state index contributed by atoms with van der Waals surface area (Å²) in [6.07, 6.45) is 0. The molecule has 0 saturated heterocycles. The molecular weight excluding hydrogens is 266 g/mol. The van der Waals surface area contributed by atoms with Crippen LogP contribution in [0.4, 0.5) is 0 Å². The number of carboxylic acid groups (broad SMARTS) is 1. The Morgan fingerprint density at radius 3 is 2.78 bits per heavy atom. The Bertz CT molecular complexity index is 537. The second kappa shape index (κ2) is 6.02. The normalized spacial score (nSPS) is 10.5. The molecule has 0 atom stereocenters. The number of thiazole rings is 1. The fourth-order valence-corrected chi connectivity index (χ4v) is 3.52. The summed E-state index contributed by atoms with van der Waals surface area (Å²) in [5.41, 5.74) is 2.11. The summed E-state index contributed by atoms with van der Waals surface area (Å²) in [7, 11) is 0. The highest BCUT2D eigenvalue weighted by molar-refractivity contribution is 7.99. The van der Waals surface area contributed by atoms with Crippen molar-refractivity contribution in [1.29, 1.82) is 0 Å². The summed E-state index contributed by atoms with van der Waals surface area (Å²) in [4.78, 5) is 16.2. The average molecular weight is 279 g/mol. The van der Waals surface area contributed by atoms with Crippen LogP contribution in [0.25, 0.3) is 10.6 Å². The molecule has 0 aliphatic heterocycles. The number of aryl methyl sites for hydroxylation is 1. The van der Waals surface area contributed by atoms with E-state index >= 15 is 0 Å². The van der Waals surface area contributed by atoms with E-state index in [1.54, 1.807) is 11.3 Å². The quantitative estimate of drug-likeness (QED) is 0.911. The topological polar surface area (TPSA) is 50.2 Å². The number of hydrogen-bond donors (Lipinski definition) is 1. The van der Waals surface area contributed by atoms with Gasteiger partial charge in [0.25, 0.3) is 0 Å². The molecule has 0 amide bonds. The van der Waals surface area contributed by atoms with E-state index in [1.807, 2.05) is 37.3 Å². The smallest absolute Gasteiger partial charge is 0.313 e. The Morgan fingerprint density at radius 1 is 1.39 bits per heavy atom. The van der Waals surface area contributed by atoms with Gasteiger partial charge >= 0.3 is 5.97 Å². The minimum Gasteiger partial charge on any atom is -0.481 e. The van der Waals surface area contributed by atoms with Crippen LogP contribution in [0.5, 0.6) is 0 Å². The second-order valence-corrected chi connectivity index (χ2v) is 5.85. The molecule has 0 aliphatic rings. The lowest BCUT2D eigenvalue weighted by Crippen LogP contribution is -1.97. The lowest BCUT2D eigenvalue weighted by Gasteiger charge is -1.95. The number of aromatic nitrogens is 1. The minimum atomic E-state index is -0.773. The fraction of sp³-hybridized carbons (Fsp3) is 0.231. The van der Waals surface area contributed by atoms with Crippen molar-refractivity contribution in [1.82, 2.24) is 4.98 Å². The third-order valence-corrected chi connectivity index (χ3v) is 4.71. The van der Waals surface area contributed by atoms with Crippen molar-refractivity contribution in [2.45, 2.75) is 12.7 Å². The summed E-state index contributed by atoms with van der Waals surface area (Å²) in [6, 6.07) is 10.0. The Morgan fingerprint density at radius 2 is 2.11 bits per heavy atom. The molecule has 5 heteroatoms. The maximum atomic E-state index is 10.5. The van der Waals surface area contributed by atoms with Crippen molar-refractivity contribution in [3.8, 4) is 10.6 Å². The van der Waals surface area contributed by atoms with Crippen molar-refractivity contribution in [2.24, 2.45) is 0 Å². The molecule has 0 saturated carbocycles. The molecule has 0 bridgehead atoms. The molecule has 0 fully saturated rings. The van der Waals surface area contributed by atoms with Crippen LogP contribution in [0.1, 0.15) is 10.6 Å². The van der Waals surface area contributed by atoms with Gasteiger partial charge in [0.15, 0.2) is 0 Å². The molecule has 2 aromatic rings. The van der Waals surface area contributed by atoms with Crippen LogP contribution in [0.2, 0.25) is 0 Å². The number of carboxylic acids is 1. The lowest BCUT2D eigenvalue weighted by molar-refractivity contribution is -0.133. The average Bonchev–Trinajstić information content (AvgIpc) is 2.72. The van der Waals surface area contributed by atoms with Crippen molar-refractivity contribution in [2.75, 3.05) is 5.75 Å². The molecular formula is C13H13NO2S2. The highest BCUT2D eigenvalue weighted by Gasteiger charge is 2.09. The fourth-order valence-electron chi connectivity index (χ4n) is 1.50. The molecule has 3 nitrogen and oxygen atoms in total. The van der Waals surface area contributed by atoms with Crippen LogP contribution in [0.3, 0.4) is 0 Å². The molecule has 1 aromatic carbocycles. The lowest BCUT2D eigenvalue weighted by atomic mass is 10.2. The van der Waals surface area contributed by atoms with E-state index in [2.05, 4.69) is 4.98 Å². The monoisotopic (exact) mass is 279 g/mol. The molecule has 2 rings (SSSR count). The third kappa shape index (κ3) is 3.34. The number of benzene rings is 1.